The lowest BCUT2D eigenvalue weighted by Gasteiger charge is -2.44. The number of nitrogens with zero attached hydrogens (tertiary/aromatic N) is 6. The minimum Gasteiger partial charge on any atom is -0.374 e. The molecule has 1 unspecified atom stereocenters. The highest BCUT2D eigenvalue weighted by molar-refractivity contribution is 6.30. The number of carbonyl (C=O) groups is 2. The predicted molar refractivity (Wildman–Crippen MR) is 146 cm³/mol. The van der Waals surface area contributed by atoms with E-state index in [1.807, 2.05) is 4.90 Å². The van der Waals surface area contributed by atoms with Crippen LogP contribution in [0.15, 0.2) is 30.6 Å². The molecule has 0 radical (unpaired) electrons. The molecule has 2 bridgehead atoms. The van der Waals surface area contributed by atoms with Crippen molar-refractivity contribution >= 4 is 35.2 Å². The first-order chi connectivity index (χ1) is 20.0. The Hall–Kier alpha value is -3.84. The second-order valence-corrected chi connectivity index (χ2v) is 11.9. The average molecular weight is 602 g/mol. The van der Waals surface area contributed by atoms with E-state index >= 15 is 8.78 Å². The summed E-state index contributed by atoms with van der Waals surface area (Å²) in [6, 6.07) is 4.11. The van der Waals surface area contributed by atoms with Crippen LogP contribution < -0.4 is 10.2 Å². The van der Waals surface area contributed by atoms with Crippen molar-refractivity contribution in [1.29, 1.82) is 0 Å². The van der Waals surface area contributed by atoms with E-state index in [9.17, 15) is 14.0 Å². The third-order valence-corrected chi connectivity index (χ3v) is 9.02. The van der Waals surface area contributed by atoms with Crippen LogP contribution in [-0.4, -0.2) is 87.5 Å². The molecule has 0 aliphatic carbocycles. The summed E-state index contributed by atoms with van der Waals surface area (Å²) in [6.07, 6.45) is 3.25. The van der Waals surface area contributed by atoms with E-state index in [0.717, 1.165) is 17.5 Å². The molecule has 14 heteroatoms. The summed E-state index contributed by atoms with van der Waals surface area (Å²) >= 11 is 6.11. The van der Waals surface area contributed by atoms with Crippen molar-refractivity contribution in [3.63, 3.8) is 0 Å². The number of aromatic nitrogens is 3. The highest BCUT2D eigenvalue weighted by Crippen LogP contribution is 2.45. The van der Waals surface area contributed by atoms with Gasteiger partial charge >= 0.3 is 6.03 Å². The molecule has 3 saturated heterocycles. The maximum Gasteiger partial charge on any atom is 0.320 e. The summed E-state index contributed by atoms with van der Waals surface area (Å²) in [5, 5.41) is 6.95. The van der Waals surface area contributed by atoms with Crippen molar-refractivity contribution in [2.24, 2.45) is 7.05 Å². The molecule has 0 spiro atoms. The minimum atomic E-state index is -1.50. The molecular weight excluding hydrogens is 575 g/mol. The van der Waals surface area contributed by atoms with Crippen molar-refractivity contribution in [2.75, 3.05) is 43.0 Å². The molecule has 10 nitrogen and oxygen atoms in total. The SMILES string of the molecule is Cn1cc(F)c(N2CC(C)(c3cccc(Cl)c3F)c3c(cnc(NC4CN(C(=O)N5C[C@@H]6C[C@H]5CO6)C4)c3F)C2=O)n1. The molecule has 6 heterocycles. The van der Waals surface area contributed by atoms with Crippen molar-refractivity contribution in [1.82, 2.24) is 24.6 Å². The van der Waals surface area contributed by atoms with Crippen LogP contribution in [0.5, 0.6) is 0 Å². The smallest absolute Gasteiger partial charge is 0.320 e. The molecule has 0 saturated carbocycles. The number of likely N-dealkylation sites (tertiary alicyclic amines) is 2. The number of benzene rings is 1. The van der Waals surface area contributed by atoms with Gasteiger partial charge in [-0.1, -0.05) is 23.7 Å². The third-order valence-electron chi connectivity index (χ3n) is 8.73. The van der Waals surface area contributed by atoms with Crippen molar-refractivity contribution in [3.05, 3.63) is 69.8 Å². The van der Waals surface area contributed by atoms with Gasteiger partial charge in [-0.2, -0.15) is 5.10 Å². The Kier molecular flexibility index (Phi) is 6.17. The number of amides is 3. The van der Waals surface area contributed by atoms with E-state index < -0.39 is 28.8 Å². The summed E-state index contributed by atoms with van der Waals surface area (Å²) in [5.74, 6) is -3.47. The largest absolute Gasteiger partial charge is 0.374 e. The number of carbonyl (C=O) groups excluding carboxylic acids is 2. The molecule has 7 rings (SSSR count). The number of ether oxygens (including phenoxy) is 1. The average Bonchev–Trinajstić information content (AvgIpc) is 3.65. The van der Waals surface area contributed by atoms with Crippen molar-refractivity contribution in [3.8, 4) is 0 Å². The molecule has 42 heavy (non-hydrogen) atoms. The Morgan fingerprint density at radius 3 is 2.64 bits per heavy atom. The minimum absolute atomic E-state index is 0.0328. The van der Waals surface area contributed by atoms with Crippen LogP contribution in [0.2, 0.25) is 5.02 Å². The zero-order chi connectivity index (χ0) is 29.5. The number of morpholine rings is 1. The van der Waals surface area contributed by atoms with Gasteiger partial charge in [0.1, 0.15) is 5.82 Å². The van der Waals surface area contributed by atoms with Gasteiger partial charge in [-0.05, 0) is 19.4 Å². The number of fused-ring (bicyclic) bond motifs is 3. The first kappa shape index (κ1) is 27.0. The van der Waals surface area contributed by atoms with Crippen LogP contribution in [-0.2, 0) is 17.2 Å². The standard InChI is InChI=1S/C28H27ClF3N7O3/c1-28(18-4-3-5-19(29)22(18)31)13-39(25-20(30)11-36(2)35-25)26(40)17-7-33-24(23(32)21(17)28)34-14-8-37(9-14)27(41)38-10-16-6-15(38)12-42-16/h3-5,7,11,14-16H,6,8-10,12-13H2,1-2H3,(H,33,34)/t15-,16-,28?/m0/s1. The number of hydrogen-bond donors (Lipinski definition) is 1. The molecule has 3 fully saturated rings. The second-order valence-electron chi connectivity index (χ2n) is 11.5. The Bertz CT molecular complexity index is 1630. The topological polar surface area (TPSA) is 95.8 Å². The fraction of sp³-hybridized carbons (Fsp3) is 0.429. The van der Waals surface area contributed by atoms with Gasteiger partial charge in [0.25, 0.3) is 5.91 Å². The van der Waals surface area contributed by atoms with Crippen molar-refractivity contribution in [2.45, 2.75) is 36.9 Å². The monoisotopic (exact) mass is 601 g/mol. The van der Waals surface area contributed by atoms with Crippen molar-refractivity contribution < 1.29 is 27.5 Å². The summed E-state index contributed by atoms with van der Waals surface area (Å²) in [5.41, 5.74) is -1.69. The summed E-state index contributed by atoms with van der Waals surface area (Å²) in [7, 11) is 1.50. The fourth-order valence-electron chi connectivity index (χ4n) is 6.59. The van der Waals surface area contributed by atoms with Crippen LogP contribution in [0.4, 0.5) is 29.6 Å². The normalized spacial score (nSPS) is 25.2. The van der Waals surface area contributed by atoms with Gasteiger partial charge in [-0.15, -0.1) is 0 Å². The summed E-state index contributed by atoms with van der Waals surface area (Å²) in [6.45, 7) is 3.08. The number of rotatable bonds is 4. The van der Waals surface area contributed by atoms with E-state index in [4.69, 9.17) is 16.3 Å². The van der Waals surface area contributed by atoms with Gasteiger partial charge in [0, 0.05) is 56.0 Å². The highest BCUT2D eigenvalue weighted by atomic mass is 35.5. The number of pyridine rings is 1. The number of urea groups is 1. The lowest BCUT2D eigenvalue weighted by molar-refractivity contribution is 0.0303. The Balaban J connectivity index is 1.21. The number of anilines is 2. The van der Waals surface area contributed by atoms with E-state index in [1.54, 1.807) is 11.8 Å². The quantitative estimate of drug-likeness (QED) is 0.492. The van der Waals surface area contributed by atoms with Gasteiger partial charge < -0.3 is 19.9 Å². The molecule has 2 aromatic heterocycles. The van der Waals surface area contributed by atoms with Gasteiger partial charge in [0.05, 0.1) is 41.6 Å². The molecular formula is C28H27ClF3N7O3. The first-order valence-corrected chi connectivity index (χ1v) is 14.0. The fourth-order valence-corrected chi connectivity index (χ4v) is 6.76. The Morgan fingerprint density at radius 2 is 1.98 bits per heavy atom. The maximum atomic E-state index is 16.4. The predicted octanol–water partition coefficient (Wildman–Crippen LogP) is 3.54. The molecule has 1 aromatic carbocycles. The zero-order valence-corrected chi connectivity index (χ0v) is 23.5. The summed E-state index contributed by atoms with van der Waals surface area (Å²) in [4.78, 5) is 35.3. The lowest BCUT2D eigenvalue weighted by atomic mass is 9.71. The number of halogens is 4. The second kappa shape index (κ2) is 9.60. The number of hydrogen-bond acceptors (Lipinski definition) is 6. The van der Waals surface area contributed by atoms with Crippen LogP contribution in [0.3, 0.4) is 0 Å². The number of aryl methyl sites for hydroxylation is 1. The van der Waals surface area contributed by atoms with Gasteiger partial charge in [0.15, 0.2) is 23.3 Å². The molecule has 4 aliphatic rings. The van der Waals surface area contributed by atoms with Gasteiger partial charge in [0.2, 0.25) is 0 Å². The Labute approximate surface area is 244 Å². The van der Waals surface area contributed by atoms with E-state index in [0.29, 0.717) is 26.2 Å². The van der Waals surface area contributed by atoms with Crippen LogP contribution in [0.1, 0.15) is 34.8 Å². The first-order valence-electron chi connectivity index (χ1n) is 13.6. The molecule has 3 atom stereocenters. The molecule has 4 aliphatic heterocycles. The van der Waals surface area contributed by atoms with E-state index in [2.05, 4.69) is 15.4 Å². The molecule has 3 aromatic rings. The Morgan fingerprint density at radius 1 is 1.19 bits per heavy atom. The number of nitrogens with one attached hydrogen (secondary N) is 1. The summed E-state index contributed by atoms with van der Waals surface area (Å²) < 4.78 is 53.5. The molecule has 1 N–H and O–H groups in total. The third kappa shape index (κ3) is 4.04. The van der Waals surface area contributed by atoms with E-state index in [-0.39, 0.29) is 64.1 Å². The van der Waals surface area contributed by atoms with E-state index in [1.165, 1.54) is 36.1 Å². The van der Waals surface area contributed by atoms with Crippen LogP contribution in [0, 0.1) is 17.5 Å². The molecule has 3 amide bonds. The molecule has 220 valence electrons. The lowest BCUT2D eigenvalue weighted by Crippen LogP contribution is -2.61. The van der Waals surface area contributed by atoms with Gasteiger partial charge in [-0.25, -0.2) is 22.9 Å². The van der Waals surface area contributed by atoms with Gasteiger partial charge in [-0.3, -0.25) is 14.4 Å². The zero-order valence-electron chi connectivity index (χ0n) is 22.8. The maximum absolute atomic E-state index is 16.4. The van der Waals surface area contributed by atoms with Crippen LogP contribution in [0.25, 0.3) is 0 Å². The highest BCUT2D eigenvalue weighted by Gasteiger charge is 2.48. The van der Waals surface area contributed by atoms with Crippen LogP contribution >= 0.6 is 11.6 Å².